The fourth-order valence-corrected chi connectivity index (χ4v) is 3.26. The first-order valence-corrected chi connectivity index (χ1v) is 10.2. The van der Waals surface area contributed by atoms with Crippen molar-refractivity contribution in [3.8, 4) is 0 Å². The molecule has 0 aliphatic rings. The van der Waals surface area contributed by atoms with Crippen molar-refractivity contribution < 1.29 is 14.3 Å². The van der Waals surface area contributed by atoms with Gasteiger partial charge in [-0.2, -0.15) is 5.10 Å². The molecule has 0 saturated carbocycles. The minimum atomic E-state index is -0.976. The Morgan fingerprint density at radius 3 is 2.23 bits per heavy atom. The van der Waals surface area contributed by atoms with Gasteiger partial charge in [0.05, 0.1) is 5.39 Å². The molecule has 0 spiro atoms. The minimum absolute atomic E-state index is 0.0341. The van der Waals surface area contributed by atoms with E-state index in [0.717, 1.165) is 12.0 Å². The summed E-state index contributed by atoms with van der Waals surface area (Å²) in [5, 5.41) is 5.08. The number of Topliss-reactive ketones (excluding diaryl/α,β-unsaturated/α-hetero) is 1. The maximum Gasteiger partial charge on any atom is 0.360 e. The number of esters is 1. The normalized spacial score (nSPS) is 12.2. The van der Waals surface area contributed by atoms with E-state index in [1.54, 1.807) is 43.3 Å². The molecule has 0 radical (unpaired) electrons. The van der Waals surface area contributed by atoms with Crippen molar-refractivity contribution in [3.63, 3.8) is 0 Å². The van der Waals surface area contributed by atoms with Gasteiger partial charge in [-0.3, -0.25) is 9.59 Å². The van der Waals surface area contributed by atoms with Gasteiger partial charge in [0.1, 0.15) is 0 Å². The molecule has 0 aliphatic heterocycles. The number of nitrogens with zero attached hydrogens (tertiary/aromatic N) is 2. The Morgan fingerprint density at radius 1 is 1.00 bits per heavy atom. The Morgan fingerprint density at radius 2 is 1.63 bits per heavy atom. The van der Waals surface area contributed by atoms with Crippen LogP contribution >= 0.6 is 0 Å². The van der Waals surface area contributed by atoms with Crippen LogP contribution in [0.2, 0.25) is 0 Å². The lowest BCUT2D eigenvalue weighted by atomic mass is 10.0. The second-order valence-electron chi connectivity index (χ2n) is 7.74. The van der Waals surface area contributed by atoms with Crippen molar-refractivity contribution >= 4 is 22.5 Å². The number of fused-ring (bicyclic) bond motifs is 1. The van der Waals surface area contributed by atoms with Gasteiger partial charge in [-0.15, -0.1) is 0 Å². The molecule has 1 atom stereocenters. The molecule has 3 rings (SSSR count). The average molecular weight is 406 g/mol. The van der Waals surface area contributed by atoms with E-state index in [1.807, 2.05) is 32.9 Å². The van der Waals surface area contributed by atoms with Gasteiger partial charge in [0.2, 0.25) is 5.78 Å². The standard InChI is InChI=1S/C24H26N2O4/c1-5-17-10-12-18(13-11-17)22(27)16(4)30-24(29)21-19-8-6-7-9-20(19)23(28)26(25-21)14-15(2)3/h6-13,15-16H,5,14H2,1-4H3/t16-/m1/s1. The van der Waals surface area contributed by atoms with Gasteiger partial charge in [0.25, 0.3) is 5.56 Å². The van der Waals surface area contributed by atoms with E-state index < -0.39 is 12.1 Å². The lowest BCUT2D eigenvalue weighted by Gasteiger charge is -2.15. The van der Waals surface area contributed by atoms with Gasteiger partial charge in [0, 0.05) is 17.5 Å². The largest absolute Gasteiger partial charge is 0.449 e. The zero-order valence-corrected chi connectivity index (χ0v) is 17.7. The summed E-state index contributed by atoms with van der Waals surface area (Å²) in [6.45, 7) is 7.89. The van der Waals surface area contributed by atoms with Gasteiger partial charge in [-0.25, -0.2) is 9.48 Å². The topological polar surface area (TPSA) is 78.3 Å². The molecule has 0 unspecified atom stereocenters. The molecular weight excluding hydrogens is 380 g/mol. The highest BCUT2D eigenvalue weighted by Crippen LogP contribution is 2.17. The minimum Gasteiger partial charge on any atom is -0.449 e. The second-order valence-corrected chi connectivity index (χ2v) is 7.74. The molecular formula is C24H26N2O4. The molecule has 6 nitrogen and oxygen atoms in total. The van der Waals surface area contributed by atoms with Crippen LogP contribution in [-0.4, -0.2) is 27.6 Å². The van der Waals surface area contributed by atoms with Crippen molar-refractivity contribution in [1.82, 2.24) is 9.78 Å². The second kappa shape index (κ2) is 9.03. The Balaban J connectivity index is 1.91. The summed E-state index contributed by atoms with van der Waals surface area (Å²) < 4.78 is 6.74. The lowest BCUT2D eigenvalue weighted by Crippen LogP contribution is -2.30. The van der Waals surface area contributed by atoms with Gasteiger partial charge >= 0.3 is 5.97 Å². The monoisotopic (exact) mass is 406 g/mol. The highest BCUT2D eigenvalue weighted by Gasteiger charge is 2.24. The third-order valence-electron chi connectivity index (χ3n) is 4.90. The van der Waals surface area contributed by atoms with Crippen LogP contribution in [0.25, 0.3) is 10.8 Å². The molecule has 3 aromatic rings. The molecule has 0 amide bonds. The molecule has 30 heavy (non-hydrogen) atoms. The van der Waals surface area contributed by atoms with Crippen LogP contribution in [0.1, 0.15) is 54.1 Å². The molecule has 6 heteroatoms. The van der Waals surface area contributed by atoms with E-state index in [4.69, 9.17) is 4.74 Å². The average Bonchev–Trinajstić information content (AvgIpc) is 2.74. The summed E-state index contributed by atoms with van der Waals surface area (Å²) in [6.07, 6.45) is -0.0971. The lowest BCUT2D eigenvalue weighted by molar-refractivity contribution is 0.0312. The predicted octanol–water partition coefficient (Wildman–Crippen LogP) is 4.04. The first-order valence-electron chi connectivity index (χ1n) is 10.2. The molecule has 1 aromatic heterocycles. The smallest absolute Gasteiger partial charge is 0.360 e. The zero-order chi connectivity index (χ0) is 21.8. The summed E-state index contributed by atoms with van der Waals surface area (Å²) in [7, 11) is 0. The third-order valence-corrected chi connectivity index (χ3v) is 4.90. The molecule has 0 saturated heterocycles. The van der Waals surface area contributed by atoms with Crippen LogP contribution in [-0.2, 0) is 17.7 Å². The Kier molecular flexibility index (Phi) is 6.45. The number of benzene rings is 2. The highest BCUT2D eigenvalue weighted by molar-refractivity contribution is 6.05. The van der Waals surface area contributed by atoms with Crippen LogP contribution in [0, 0.1) is 5.92 Å². The van der Waals surface area contributed by atoms with E-state index >= 15 is 0 Å². The van der Waals surface area contributed by atoms with E-state index in [0.29, 0.717) is 22.9 Å². The van der Waals surface area contributed by atoms with Crippen LogP contribution in [0.3, 0.4) is 0 Å². The molecule has 0 N–H and O–H groups in total. The number of carbonyl (C=O) groups excluding carboxylic acids is 2. The number of hydrogen-bond donors (Lipinski definition) is 0. The summed E-state index contributed by atoms with van der Waals surface area (Å²) in [6, 6.07) is 14.1. The van der Waals surface area contributed by atoms with Gasteiger partial charge in [0.15, 0.2) is 11.8 Å². The first kappa shape index (κ1) is 21.4. The number of aromatic nitrogens is 2. The molecule has 2 aromatic carbocycles. The number of carbonyl (C=O) groups is 2. The Hall–Kier alpha value is -3.28. The van der Waals surface area contributed by atoms with Crippen LogP contribution in [0.4, 0.5) is 0 Å². The third kappa shape index (κ3) is 4.48. The number of rotatable bonds is 7. The molecule has 1 heterocycles. The maximum atomic E-state index is 12.9. The van der Waals surface area contributed by atoms with Crippen molar-refractivity contribution in [2.24, 2.45) is 5.92 Å². The number of aryl methyl sites for hydroxylation is 1. The van der Waals surface area contributed by atoms with Crippen molar-refractivity contribution in [2.45, 2.75) is 46.8 Å². The van der Waals surface area contributed by atoms with E-state index in [-0.39, 0.29) is 23.0 Å². The first-order chi connectivity index (χ1) is 14.3. The summed E-state index contributed by atoms with van der Waals surface area (Å²) in [5.41, 5.74) is 1.39. The van der Waals surface area contributed by atoms with Crippen molar-refractivity contribution in [1.29, 1.82) is 0 Å². The Labute approximate surface area is 175 Å². The van der Waals surface area contributed by atoms with Crippen LogP contribution in [0.5, 0.6) is 0 Å². The summed E-state index contributed by atoms with van der Waals surface area (Å²) in [4.78, 5) is 38.3. The number of ether oxygens (including phenoxy) is 1. The van der Waals surface area contributed by atoms with Gasteiger partial charge < -0.3 is 4.74 Å². The fourth-order valence-electron chi connectivity index (χ4n) is 3.26. The fraction of sp³-hybridized carbons (Fsp3) is 0.333. The van der Waals surface area contributed by atoms with E-state index in [2.05, 4.69) is 5.10 Å². The number of ketones is 1. The Bertz CT molecular complexity index is 1130. The molecule has 0 aliphatic carbocycles. The van der Waals surface area contributed by atoms with E-state index in [1.165, 1.54) is 4.68 Å². The predicted molar refractivity (Wildman–Crippen MR) is 116 cm³/mol. The summed E-state index contributed by atoms with van der Waals surface area (Å²) in [5.74, 6) is -0.840. The SMILES string of the molecule is CCc1ccc(C(=O)[C@@H](C)OC(=O)c2nn(CC(C)C)c(=O)c3ccccc23)cc1. The zero-order valence-electron chi connectivity index (χ0n) is 17.7. The van der Waals surface area contributed by atoms with Crippen LogP contribution < -0.4 is 5.56 Å². The number of hydrogen-bond acceptors (Lipinski definition) is 5. The maximum absolute atomic E-state index is 12.9. The van der Waals surface area contributed by atoms with Gasteiger partial charge in [-0.05, 0) is 30.9 Å². The molecule has 0 fully saturated rings. The quantitative estimate of drug-likeness (QED) is 0.437. The summed E-state index contributed by atoms with van der Waals surface area (Å²) >= 11 is 0. The van der Waals surface area contributed by atoms with Crippen LogP contribution in [0.15, 0.2) is 53.3 Å². The van der Waals surface area contributed by atoms with E-state index in [9.17, 15) is 14.4 Å². The van der Waals surface area contributed by atoms with Crippen molar-refractivity contribution in [3.05, 3.63) is 75.7 Å². The van der Waals surface area contributed by atoms with Crippen molar-refractivity contribution in [2.75, 3.05) is 0 Å². The van der Waals surface area contributed by atoms with Gasteiger partial charge in [-0.1, -0.05) is 63.2 Å². The highest BCUT2D eigenvalue weighted by atomic mass is 16.5. The molecule has 156 valence electrons. The molecule has 0 bridgehead atoms.